The molecule has 5 nitrogen and oxygen atoms in total. The number of aryl methyl sites for hydroxylation is 1. The lowest BCUT2D eigenvalue weighted by atomic mass is 10.2. The SMILES string of the molecule is CCc1cc(=O)n(CC(=O)NCc2ccc(F)cc2)c(-c2ccc(F)cc2)n1. The van der Waals surface area contributed by atoms with E-state index < -0.39 is 5.82 Å². The molecule has 0 aliphatic heterocycles. The second kappa shape index (κ2) is 8.56. The van der Waals surface area contributed by atoms with Crippen molar-refractivity contribution in [2.75, 3.05) is 0 Å². The highest BCUT2D eigenvalue weighted by Crippen LogP contribution is 2.17. The van der Waals surface area contributed by atoms with Crippen molar-refractivity contribution in [1.82, 2.24) is 14.9 Å². The number of carbonyl (C=O) groups is 1. The summed E-state index contributed by atoms with van der Waals surface area (Å²) < 4.78 is 27.5. The highest BCUT2D eigenvalue weighted by Gasteiger charge is 2.14. The number of carbonyl (C=O) groups excluding carboxylic acids is 1. The zero-order chi connectivity index (χ0) is 20.1. The number of nitrogens with one attached hydrogen (secondary N) is 1. The molecule has 3 rings (SSSR count). The van der Waals surface area contributed by atoms with E-state index in [0.29, 0.717) is 23.5 Å². The molecule has 0 unspecified atom stereocenters. The summed E-state index contributed by atoms with van der Waals surface area (Å²) >= 11 is 0. The minimum Gasteiger partial charge on any atom is -0.350 e. The van der Waals surface area contributed by atoms with Gasteiger partial charge in [-0.1, -0.05) is 19.1 Å². The van der Waals surface area contributed by atoms with Crippen LogP contribution in [-0.2, 0) is 24.3 Å². The van der Waals surface area contributed by atoms with Crippen LogP contribution in [0.2, 0.25) is 0 Å². The Morgan fingerprint density at radius 2 is 1.64 bits per heavy atom. The quantitative estimate of drug-likeness (QED) is 0.712. The molecule has 28 heavy (non-hydrogen) atoms. The van der Waals surface area contributed by atoms with Crippen molar-refractivity contribution in [3.8, 4) is 11.4 Å². The van der Waals surface area contributed by atoms with Gasteiger partial charge in [0.2, 0.25) is 5.91 Å². The molecule has 1 N–H and O–H groups in total. The lowest BCUT2D eigenvalue weighted by Crippen LogP contribution is -2.33. The monoisotopic (exact) mass is 383 g/mol. The van der Waals surface area contributed by atoms with Crippen molar-refractivity contribution >= 4 is 5.91 Å². The van der Waals surface area contributed by atoms with E-state index in [4.69, 9.17) is 0 Å². The molecular formula is C21H19F2N3O2. The van der Waals surface area contributed by atoms with E-state index in [0.717, 1.165) is 5.56 Å². The average molecular weight is 383 g/mol. The molecular weight excluding hydrogens is 364 g/mol. The Bertz CT molecular complexity index is 1030. The molecule has 0 saturated heterocycles. The topological polar surface area (TPSA) is 64.0 Å². The zero-order valence-corrected chi connectivity index (χ0v) is 15.3. The zero-order valence-electron chi connectivity index (χ0n) is 15.3. The van der Waals surface area contributed by atoms with Gasteiger partial charge in [-0.2, -0.15) is 0 Å². The minimum atomic E-state index is -0.402. The maximum atomic E-state index is 13.2. The van der Waals surface area contributed by atoms with Gasteiger partial charge >= 0.3 is 0 Å². The van der Waals surface area contributed by atoms with Crippen molar-refractivity contribution in [3.63, 3.8) is 0 Å². The second-order valence-corrected chi connectivity index (χ2v) is 6.26. The molecule has 0 fully saturated rings. The van der Waals surface area contributed by atoms with Crippen LogP contribution in [0.4, 0.5) is 8.78 Å². The Morgan fingerprint density at radius 1 is 1.04 bits per heavy atom. The fourth-order valence-electron chi connectivity index (χ4n) is 2.71. The van der Waals surface area contributed by atoms with Crippen LogP contribution in [0.5, 0.6) is 0 Å². The van der Waals surface area contributed by atoms with Gasteiger partial charge in [-0.25, -0.2) is 13.8 Å². The Hall–Kier alpha value is -3.35. The van der Waals surface area contributed by atoms with Gasteiger partial charge in [0.15, 0.2) is 0 Å². The smallest absolute Gasteiger partial charge is 0.254 e. The van der Waals surface area contributed by atoms with E-state index in [9.17, 15) is 18.4 Å². The number of nitrogens with zero attached hydrogens (tertiary/aromatic N) is 2. The van der Waals surface area contributed by atoms with Gasteiger partial charge in [-0.15, -0.1) is 0 Å². The van der Waals surface area contributed by atoms with Crippen LogP contribution in [0.1, 0.15) is 18.2 Å². The number of rotatable bonds is 6. The molecule has 144 valence electrons. The Balaban J connectivity index is 1.83. The number of aromatic nitrogens is 2. The molecule has 1 heterocycles. The first kappa shape index (κ1) is 19.4. The third-order valence-electron chi connectivity index (χ3n) is 4.23. The number of hydrogen-bond donors (Lipinski definition) is 1. The maximum absolute atomic E-state index is 13.2. The van der Waals surface area contributed by atoms with Gasteiger partial charge in [0, 0.05) is 23.9 Å². The van der Waals surface area contributed by atoms with Crippen LogP contribution < -0.4 is 10.9 Å². The molecule has 0 spiro atoms. The van der Waals surface area contributed by atoms with Crippen LogP contribution in [-0.4, -0.2) is 15.5 Å². The first-order chi connectivity index (χ1) is 13.5. The number of benzene rings is 2. The molecule has 0 aliphatic rings. The number of halogens is 2. The molecule has 0 saturated carbocycles. The standard InChI is InChI=1S/C21H19F2N3O2/c1-2-18-11-20(28)26(21(25-18)15-5-9-17(23)10-6-15)13-19(27)24-12-14-3-7-16(22)8-4-14/h3-11H,2,12-13H2,1H3,(H,24,27). The molecule has 3 aromatic rings. The molecule has 0 bridgehead atoms. The van der Waals surface area contributed by atoms with E-state index in [2.05, 4.69) is 10.3 Å². The Morgan fingerprint density at radius 3 is 2.25 bits per heavy atom. The summed E-state index contributed by atoms with van der Waals surface area (Å²) in [4.78, 5) is 29.4. The van der Waals surface area contributed by atoms with Gasteiger partial charge in [-0.3, -0.25) is 14.2 Å². The van der Waals surface area contributed by atoms with Crippen molar-refractivity contribution in [2.45, 2.75) is 26.4 Å². The van der Waals surface area contributed by atoms with Gasteiger partial charge in [0.25, 0.3) is 5.56 Å². The highest BCUT2D eigenvalue weighted by molar-refractivity contribution is 5.76. The normalized spacial score (nSPS) is 10.7. The van der Waals surface area contributed by atoms with Crippen LogP contribution in [0, 0.1) is 11.6 Å². The lowest BCUT2D eigenvalue weighted by molar-refractivity contribution is -0.121. The number of amides is 1. The minimum absolute atomic E-state index is 0.209. The van der Waals surface area contributed by atoms with Crippen molar-refractivity contribution in [1.29, 1.82) is 0 Å². The third kappa shape index (κ3) is 4.68. The molecule has 2 aromatic carbocycles. The molecule has 1 aromatic heterocycles. The molecule has 0 aliphatic carbocycles. The van der Waals surface area contributed by atoms with Gasteiger partial charge in [0.1, 0.15) is 24.0 Å². The summed E-state index contributed by atoms with van der Waals surface area (Å²) in [5.41, 5.74) is 1.51. The summed E-state index contributed by atoms with van der Waals surface area (Å²) in [6, 6.07) is 12.7. The van der Waals surface area contributed by atoms with E-state index in [-0.39, 0.29) is 30.4 Å². The summed E-state index contributed by atoms with van der Waals surface area (Å²) in [6.07, 6.45) is 0.557. The fourth-order valence-corrected chi connectivity index (χ4v) is 2.71. The van der Waals surface area contributed by atoms with Gasteiger partial charge in [0.05, 0.1) is 0 Å². The fraction of sp³-hybridized carbons (Fsp3) is 0.190. The summed E-state index contributed by atoms with van der Waals surface area (Å²) in [7, 11) is 0. The van der Waals surface area contributed by atoms with Crippen molar-refractivity contribution < 1.29 is 13.6 Å². The van der Waals surface area contributed by atoms with Gasteiger partial charge in [-0.05, 0) is 48.4 Å². The summed E-state index contributed by atoms with van der Waals surface area (Å²) in [5.74, 6) is -0.837. The average Bonchev–Trinajstić information content (AvgIpc) is 2.69. The Kier molecular flexibility index (Phi) is 5.93. The van der Waals surface area contributed by atoms with Crippen molar-refractivity contribution in [2.24, 2.45) is 0 Å². The van der Waals surface area contributed by atoms with E-state index in [1.807, 2.05) is 6.92 Å². The maximum Gasteiger partial charge on any atom is 0.254 e. The van der Waals surface area contributed by atoms with Gasteiger partial charge < -0.3 is 5.32 Å². The van der Waals surface area contributed by atoms with E-state index >= 15 is 0 Å². The molecule has 1 amide bonds. The Labute approximate surface area is 160 Å². The van der Waals surface area contributed by atoms with Crippen LogP contribution in [0.15, 0.2) is 59.4 Å². The molecule has 7 heteroatoms. The first-order valence-corrected chi connectivity index (χ1v) is 8.84. The molecule has 0 radical (unpaired) electrons. The van der Waals surface area contributed by atoms with E-state index in [1.165, 1.54) is 47.0 Å². The summed E-state index contributed by atoms with van der Waals surface area (Å²) in [6.45, 7) is 1.85. The van der Waals surface area contributed by atoms with Crippen LogP contribution >= 0.6 is 0 Å². The number of hydrogen-bond acceptors (Lipinski definition) is 3. The predicted octanol–water partition coefficient (Wildman–Crippen LogP) is 3.07. The largest absolute Gasteiger partial charge is 0.350 e. The van der Waals surface area contributed by atoms with Crippen molar-refractivity contribution in [3.05, 3.63) is 87.8 Å². The van der Waals surface area contributed by atoms with Crippen LogP contribution in [0.3, 0.4) is 0 Å². The lowest BCUT2D eigenvalue weighted by Gasteiger charge is -2.13. The predicted molar refractivity (Wildman–Crippen MR) is 102 cm³/mol. The second-order valence-electron chi connectivity index (χ2n) is 6.26. The highest BCUT2D eigenvalue weighted by atomic mass is 19.1. The van der Waals surface area contributed by atoms with E-state index in [1.54, 1.807) is 12.1 Å². The summed E-state index contributed by atoms with van der Waals surface area (Å²) in [5, 5.41) is 2.70. The molecule has 0 atom stereocenters. The van der Waals surface area contributed by atoms with Crippen LogP contribution in [0.25, 0.3) is 11.4 Å². The first-order valence-electron chi connectivity index (χ1n) is 8.84. The third-order valence-corrected chi connectivity index (χ3v) is 4.23.